The lowest BCUT2D eigenvalue weighted by molar-refractivity contribution is 0.0457. The first-order valence-corrected chi connectivity index (χ1v) is 10.3. The van der Waals surface area contributed by atoms with Crippen LogP contribution in [0.15, 0.2) is 63.5 Å². The fourth-order valence-electron chi connectivity index (χ4n) is 2.87. The van der Waals surface area contributed by atoms with Gasteiger partial charge in [-0.3, -0.25) is 14.0 Å². The van der Waals surface area contributed by atoms with Gasteiger partial charge in [0.25, 0.3) is 11.1 Å². The molecule has 0 spiro atoms. The van der Waals surface area contributed by atoms with Gasteiger partial charge in [-0.2, -0.15) is 5.10 Å². The second kappa shape index (κ2) is 8.92. The number of aromatic nitrogens is 4. The Labute approximate surface area is 180 Å². The largest absolute Gasteiger partial charge is 0.492 e. The van der Waals surface area contributed by atoms with Crippen LogP contribution in [0.2, 0.25) is 0 Å². The lowest BCUT2D eigenvalue weighted by Crippen LogP contribution is -2.27. The first kappa shape index (κ1) is 20.5. The number of nitrogens with zero attached hydrogens (tertiary/aromatic N) is 4. The summed E-state index contributed by atoms with van der Waals surface area (Å²) in [6.45, 7) is 2.02. The van der Waals surface area contributed by atoms with Crippen molar-refractivity contribution in [2.24, 2.45) is 0 Å². The molecule has 1 aromatic carbocycles. The fraction of sp³-hybridized carbons (Fsp3) is 0.190. The zero-order valence-corrected chi connectivity index (χ0v) is 17.4. The Kier molecular flexibility index (Phi) is 5.89. The number of esters is 1. The van der Waals surface area contributed by atoms with Crippen molar-refractivity contribution in [1.29, 1.82) is 0 Å². The Morgan fingerprint density at radius 1 is 1.10 bits per heavy atom. The summed E-state index contributed by atoms with van der Waals surface area (Å²) >= 11 is 1.33. The van der Waals surface area contributed by atoms with Crippen LogP contribution in [0, 0.1) is 6.92 Å². The maximum atomic E-state index is 12.4. The minimum absolute atomic E-state index is 0.0240. The standard InChI is InChI=1S/C21H18N4O5S/c1-14-13-31-21-22-15(11-19(27)25(14)21)12-30-20(28)17-7-8-18(26)24(23-17)9-10-29-16-5-3-2-4-6-16/h2-8,11,13H,9-10,12H2,1H3. The monoisotopic (exact) mass is 438 g/mol. The zero-order chi connectivity index (χ0) is 21.8. The van der Waals surface area contributed by atoms with E-state index in [2.05, 4.69) is 10.1 Å². The molecule has 0 radical (unpaired) electrons. The normalized spacial score (nSPS) is 10.9. The molecular weight excluding hydrogens is 420 g/mol. The molecule has 10 heteroatoms. The van der Waals surface area contributed by atoms with E-state index in [0.29, 0.717) is 16.4 Å². The van der Waals surface area contributed by atoms with E-state index < -0.39 is 5.97 Å². The van der Waals surface area contributed by atoms with Crippen LogP contribution >= 0.6 is 11.3 Å². The number of carbonyl (C=O) groups excluding carboxylic acids is 1. The van der Waals surface area contributed by atoms with Crippen molar-refractivity contribution in [3.63, 3.8) is 0 Å². The van der Waals surface area contributed by atoms with Crippen LogP contribution in [0.5, 0.6) is 5.75 Å². The second-order valence-corrected chi connectivity index (χ2v) is 7.43. The molecule has 0 saturated heterocycles. The molecule has 0 saturated carbocycles. The summed E-state index contributed by atoms with van der Waals surface area (Å²) in [5.41, 5.74) is 0.513. The van der Waals surface area contributed by atoms with Gasteiger partial charge < -0.3 is 9.47 Å². The number of ether oxygens (including phenoxy) is 2. The van der Waals surface area contributed by atoms with Crippen molar-refractivity contribution in [3.05, 3.63) is 91.7 Å². The Morgan fingerprint density at radius 2 is 1.90 bits per heavy atom. The fourth-order valence-corrected chi connectivity index (χ4v) is 3.76. The van der Waals surface area contributed by atoms with Crippen LogP contribution < -0.4 is 15.9 Å². The predicted molar refractivity (Wildman–Crippen MR) is 114 cm³/mol. The van der Waals surface area contributed by atoms with Crippen LogP contribution in [-0.4, -0.2) is 31.7 Å². The van der Waals surface area contributed by atoms with E-state index in [9.17, 15) is 14.4 Å². The molecule has 0 aliphatic heterocycles. The lowest BCUT2D eigenvalue weighted by atomic mass is 10.3. The van der Waals surface area contributed by atoms with Crippen LogP contribution in [0.25, 0.3) is 4.96 Å². The highest BCUT2D eigenvalue weighted by molar-refractivity contribution is 7.15. The number of rotatable bonds is 7. The van der Waals surface area contributed by atoms with Crippen LogP contribution in [0.1, 0.15) is 21.9 Å². The molecule has 158 valence electrons. The molecule has 3 aromatic heterocycles. The molecule has 31 heavy (non-hydrogen) atoms. The maximum absolute atomic E-state index is 12.4. The molecule has 0 unspecified atom stereocenters. The highest BCUT2D eigenvalue weighted by Gasteiger charge is 2.13. The van der Waals surface area contributed by atoms with Crippen LogP contribution in [0.4, 0.5) is 0 Å². The molecular formula is C21H18N4O5S. The number of fused-ring (bicyclic) bond motifs is 1. The van der Waals surface area contributed by atoms with Gasteiger partial charge in [-0.05, 0) is 25.1 Å². The summed E-state index contributed by atoms with van der Waals surface area (Å²) in [5.74, 6) is -0.0468. The molecule has 0 aliphatic carbocycles. The summed E-state index contributed by atoms with van der Waals surface area (Å²) < 4.78 is 13.4. The third-order valence-corrected chi connectivity index (χ3v) is 5.31. The van der Waals surface area contributed by atoms with Crippen molar-refractivity contribution < 1.29 is 14.3 Å². The molecule has 3 heterocycles. The average Bonchev–Trinajstić information content (AvgIpc) is 3.15. The first-order valence-electron chi connectivity index (χ1n) is 9.41. The number of thiazole rings is 1. The second-order valence-electron chi connectivity index (χ2n) is 6.60. The number of aryl methyl sites for hydroxylation is 1. The number of carbonyl (C=O) groups is 1. The van der Waals surface area contributed by atoms with E-state index in [-0.39, 0.29) is 36.6 Å². The smallest absolute Gasteiger partial charge is 0.359 e. The van der Waals surface area contributed by atoms with Crippen molar-refractivity contribution >= 4 is 22.3 Å². The highest BCUT2D eigenvalue weighted by Crippen LogP contribution is 2.12. The molecule has 0 fully saturated rings. The van der Waals surface area contributed by atoms with E-state index in [1.165, 1.54) is 33.9 Å². The first-order chi connectivity index (χ1) is 15.0. The third kappa shape index (κ3) is 4.69. The summed E-state index contributed by atoms with van der Waals surface area (Å²) in [5, 5.41) is 5.88. The molecule has 0 atom stereocenters. The molecule has 0 amide bonds. The quantitative estimate of drug-likeness (QED) is 0.407. The summed E-state index contributed by atoms with van der Waals surface area (Å²) in [6.07, 6.45) is 0. The highest BCUT2D eigenvalue weighted by atomic mass is 32.1. The summed E-state index contributed by atoms with van der Waals surface area (Å²) in [4.78, 5) is 41.5. The van der Waals surface area contributed by atoms with E-state index in [1.54, 1.807) is 12.1 Å². The zero-order valence-electron chi connectivity index (χ0n) is 16.6. The minimum atomic E-state index is -0.720. The van der Waals surface area contributed by atoms with Crippen molar-refractivity contribution in [3.8, 4) is 5.75 Å². The van der Waals surface area contributed by atoms with Gasteiger partial charge >= 0.3 is 5.97 Å². The van der Waals surface area contributed by atoms with Gasteiger partial charge in [0.1, 0.15) is 19.0 Å². The number of hydrogen-bond donors (Lipinski definition) is 0. The molecule has 0 N–H and O–H groups in total. The number of hydrogen-bond acceptors (Lipinski definition) is 8. The van der Waals surface area contributed by atoms with Crippen molar-refractivity contribution in [2.75, 3.05) is 6.61 Å². The van der Waals surface area contributed by atoms with Crippen LogP contribution in [-0.2, 0) is 17.9 Å². The molecule has 0 aliphatic rings. The van der Waals surface area contributed by atoms with Crippen LogP contribution in [0.3, 0.4) is 0 Å². The van der Waals surface area contributed by atoms with Gasteiger partial charge in [0.05, 0.1) is 12.2 Å². The van der Waals surface area contributed by atoms with Gasteiger partial charge in [0.15, 0.2) is 10.7 Å². The van der Waals surface area contributed by atoms with E-state index in [1.807, 2.05) is 30.5 Å². The maximum Gasteiger partial charge on any atom is 0.359 e. The van der Waals surface area contributed by atoms with E-state index in [4.69, 9.17) is 9.47 Å². The van der Waals surface area contributed by atoms with Gasteiger partial charge in [0, 0.05) is 23.2 Å². The summed E-state index contributed by atoms with van der Waals surface area (Å²) in [7, 11) is 0. The number of benzene rings is 1. The summed E-state index contributed by atoms with van der Waals surface area (Å²) in [6, 6.07) is 13.0. The predicted octanol–water partition coefficient (Wildman–Crippen LogP) is 2.06. The molecule has 4 rings (SSSR count). The molecule has 9 nitrogen and oxygen atoms in total. The minimum Gasteiger partial charge on any atom is -0.492 e. The molecule has 4 aromatic rings. The Bertz CT molecular complexity index is 1340. The van der Waals surface area contributed by atoms with Crippen molar-refractivity contribution in [2.45, 2.75) is 20.1 Å². The Morgan fingerprint density at radius 3 is 2.71 bits per heavy atom. The average molecular weight is 438 g/mol. The Hall–Kier alpha value is -3.79. The van der Waals surface area contributed by atoms with E-state index in [0.717, 1.165) is 10.4 Å². The number of para-hydroxylation sites is 1. The lowest BCUT2D eigenvalue weighted by Gasteiger charge is -2.09. The molecule has 0 bridgehead atoms. The Balaban J connectivity index is 1.41. The SMILES string of the molecule is Cc1csc2nc(COC(=O)c3ccc(=O)n(CCOc4ccccc4)n3)cc(=O)n12. The van der Waals surface area contributed by atoms with Gasteiger partial charge in [-0.25, -0.2) is 14.5 Å². The van der Waals surface area contributed by atoms with Gasteiger partial charge in [-0.1, -0.05) is 18.2 Å². The third-order valence-electron chi connectivity index (χ3n) is 4.37. The topological polar surface area (TPSA) is 105 Å². The van der Waals surface area contributed by atoms with Gasteiger partial charge in [-0.15, -0.1) is 11.3 Å². The van der Waals surface area contributed by atoms with Gasteiger partial charge in [0.2, 0.25) is 0 Å². The van der Waals surface area contributed by atoms with Crippen molar-refractivity contribution in [1.82, 2.24) is 19.2 Å². The van der Waals surface area contributed by atoms with E-state index >= 15 is 0 Å².